The van der Waals surface area contributed by atoms with Crippen molar-refractivity contribution >= 4 is 5.69 Å². The zero-order valence-electron chi connectivity index (χ0n) is 10.4. The van der Waals surface area contributed by atoms with Crippen LogP contribution in [-0.4, -0.2) is 21.4 Å². The fourth-order valence-corrected chi connectivity index (χ4v) is 1.59. The van der Waals surface area contributed by atoms with Crippen molar-refractivity contribution in [3.05, 3.63) is 46.5 Å². The number of rotatable bonds is 4. The molecule has 0 aliphatic heterocycles. The highest BCUT2D eigenvalue weighted by atomic mass is 19.4. The number of nitrogens with one attached hydrogen (secondary N) is 2. The number of benzene rings is 1. The van der Waals surface area contributed by atoms with Crippen LogP contribution in [0.1, 0.15) is 5.56 Å². The third-order valence-corrected chi connectivity index (χ3v) is 2.43. The number of ether oxygens (including phenoxy) is 1. The quantitative estimate of drug-likeness (QED) is 0.804. The molecule has 3 N–H and O–H groups in total. The number of nitrogens with zero attached hydrogens (tertiary/aromatic N) is 1. The molecule has 2 aromatic rings. The molecule has 0 unspecified atom stereocenters. The summed E-state index contributed by atoms with van der Waals surface area (Å²) in [7, 11) is 0. The van der Waals surface area contributed by atoms with Gasteiger partial charge in [0.25, 0.3) is 5.56 Å². The molecule has 21 heavy (non-hydrogen) atoms. The first-order valence-corrected chi connectivity index (χ1v) is 5.70. The summed E-state index contributed by atoms with van der Waals surface area (Å²) in [6.45, 7) is 0.0113. The summed E-state index contributed by atoms with van der Waals surface area (Å²) in [5.41, 5.74) is -0.329. The lowest BCUT2D eigenvalue weighted by Gasteiger charge is -2.11. The molecule has 0 saturated carbocycles. The third kappa shape index (κ3) is 4.13. The summed E-state index contributed by atoms with van der Waals surface area (Å²) < 4.78 is 40.1. The van der Waals surface area contributed by atoms with Crippen molar-refractivity contribution in [1.29, 1.82) is 0 Å². The zero-order chi connectivity index (χ0) is 15.5. The number of aromatic nitrogens is 2. The molecule has 1 heterocycles. The molecule has 0 saturated heterocycles. The van der Waals surface area contributed by atoms with Gasteiger partial charge in [-0.05, 0) is 17.7 Å². The molecule has 1 aromatic heterocycles. The van der Waals surface area contributed by atoms with E-state index in [-0.39, 0.29) is 18.0 Å². The minimum absolute atomic E-state index is 0.0113. The first kappa shape index (κ1) is 14.7. The van der Waals surface area contributed by atoms with Crippen LogP contribution in [0.5, 0.6) is 11.6 Å². The van der Waals surface area contributed by atoms with Crippen molar-refractivity contribution in [2.24, 2.45) is 0 Å². The molecular formula is C12H10F3N3O3. The Morgan fingerprint density at radius 2 is 2.14 bits per heavy atom. The number of hydrogen-bond acceptors (Lipinski definition) is 5. The second-order valence-electron chi connectivity index (χ2n) is 3.98. The lowest BCUT2D eigenvalue weighted by Crippen LogP contribution is -2.17. The molecule has 0 amide bonds. The lowest BCUT2D eigenvalue weighted by atomic mass is 10.2. The Morgan fingerprint density at radius 3 is 2.81 bits per heavy atom. The van der Waals surface area contributed by atoms with E-state index in [1.807, 2.05) is 0 Å². The van der Waals surface area contributed by atoms with E-state index in [1.165, 1.54) is 18.2 Å². The summed E-state index contributed by atoms with van der Waals surface area (Å²) >= 11 is 0. The van der Waals surface area contributed by atoms with Crippen molar-refractivity contribution < 1.29 is 23.0 Å². The highest BCUT2D eigenvalue weighted by Gasteiger charge is 2.31. The fourth-order valence-electron chi connectivity index (χ4n) is 1.59. The fraction of sp³-hybridized carbons (Fsp3) is 0.167. The van der Waals surface area contributed by atoms with E-state index in [4.69, 9.17) is 0 Å². The van der Waals surface area contributed by atoms with Crippen LogP contribution >= 0.6 is 0 Å². The summed E-state index contributed by atoms with van der Waals surface area (Å²) in [6, 6.07) is 5.25. The maximum Gasteiger partial charge on any atom is 0.573 e. The van der Waals surface area contributed by atoms with E-state index in [0.29, 0.717) is 5.56 Å². The third-order valence-electron chi connectivity index (χ3n) is 2.43. The van der Waals surface area contributed by atoms with Crippen molar-refractivity contribution in [3.63, 3.8) is 0 Å². The first-order chi connectivity index (χ1) is 9.85. The molecule has 0 spiro atoms. The van der Waals surface area contributed by atoms with Gasteiger partial charge in [-0.25, -0.2) is 4.98 Å². The molecular weight excluding hydrogens is 291 g/mol. The highest BCUT2D eigenvalue weighted by molar-refractivity contribution is 5.49. The molecule has 0 fully saturated rings. The van der Waals surface area contributed by atoms with Crippen molar-refractivity contribution in [2.45, 2.75) is 12.9 Å². The summed E-state index contributed by atoms with van der Waals surface area (Å²) in [5, 5.41) is 12.0. The molecule has 0 aliphatic rings. The Balaban J connectivity index is 2.10. The predicted octanol–water partition coefficient (Wildman–Crippen LogP) is 1.99. The van der Waals surface area contributed by atoms with Crippen LogP contribution in [0.25, 0.3) is 0 Å². The molecule has 112 valence electrons. The van der Waals surface area contributed by atoms with Gasteiger partial charge in [-0.1, -0.05) is 12.1 Å². The number of aromatic hydroxyl groups is 1. The number of aromatic amines is 1. The second-order valence-corrected chi connectivity index (χ2v) is 3.98. The van der Waals surface area contributed by atoms with E-state index < -0.39 is 17.8 Å². The maximum atomic E-state index is 12.1. The Morgan fingerprint density at radius 1 is 1.38 bits per heavy atom. The Kier molecular flexibility index (Phi) is 4.01. The van der Waals surface area contributed by atoms with E-state index in [9.17, 15) is 23.1 Å². The first-order valence-electron chi connectivity index (χ1n) is 5.70. The van der Waals surface area contributed by atoms with Crippen LogP contribution in [0.3, 0.4) is 0 Å². The van der Waals surface area contributed by atoms with Gasteiger partial charge < -0.3 is 20.1 Å². The Hall–Kier alpha value is -2.71. The largest absolute Gasteiger partial charge is 0.573 e. The zero-order valence-corrected chi connectivity index (χ0v) is 10.4. The van der Waals surface area contributed by atoms with Crippen LogP contribution in [0.4, 0.5) is 18.9 Å². The molecule has 0 aliphatic carbocycles. The summed E-state index contributed by atoms with van der Waals surface area (Å²) in [5.74, 6) is -0.868. The lowest BCUT2D eigenvalue weighted by molar-refractivity contribution is -0.274. The van der Waals surface area contributed by atoms with Gasteiger partial charge in [-0.3, -0.25) is 4.79 Å². The normalized spacial score (nSPS) is 11.2. The SMILES string of the molecule is O=c1[nH]cnc(O)c1NCc1cccc(OC(F)(F)F)c1. The number of anilines is 1. The van der Waals surface area contributed by atoms with Crippen molar-refractivity contribution in [1.82, 2.24) is 9.97 Å². The van der Waals surface area contributed by atoms with Crippen LogP contribution in [-0.2, 0) is 6.54 Å². The van der Waals surface area contributed by atoms with Crippen LogP contribution in [0, 0.1) is 0 Å². The molecule has 0 atom stereocenters. The number of alkyl halides is 3. The predicted molar refractivity (Wildman–Crippen MR) is 67.0 cm³/mol. The molecule has 1 aromatic carbocycles. The number of hydrogen-bond donors (Lipinski definition) is 3. The standard InChI is InChI=1S/C12H10F3N3O3/c13-12(14,15)21-8-3-1-2-7(4-8)5-16-9-10(19)17-6-18-11(9)20/h1-4,6,16H,5H2,(H2,17,18,19,20). The topological polar surface area (TPSA) is 87.2 Å². The highest BCUT2D eigenvalue weighted by Crippen LogP contribution is 2.23. The van der Waals surface area contributed by atoms with Gasteiger partial charge >= 0.3 is 6.36 Å². The monoisotopic (exact) mass is 301 g/mol. The molecule has 0 radical (unpaired) electrons. The van der Waals surface area contributed by atoms with Crippen molar-refractivity contribution in [3.8, 4) is 11.6 Å². The van der Waals surface area contributed by atoms with Gasteiger partial charge in [0.1, 0.15) is 5.75 Å². The number of H-pyrrole nitrogens is 1. The second kappa shape index (κ2) is 5.73. The van der Waals surface area contributed by atoms with Gasteiger partial charge in [-0.2, -0.15) is 0 Å². The maximum absolute atomic E-state index is 12.1. The minimum Gasteiger partial charge on any atom is -0.492 e. The van der Waals surface area contributed by atoms with Crippen LogP contribution in [0.15, 0.2) is 35.4 Å². The molecule has 2 rings (SSSR count). The average molecular weight is 301 g/mol. The Labute approximate surface area is 116 Å². The van der Waals surface area contributed by atoms with E-state index in [0.717, 1.165) is 12.4 Å². The molecule has 9 heteroatoms. The van der Waals surface area contributed by atoms with Crippen molar-refractivity contribution in [2.75, 3.05) is 5.32 Å². The number of halogens is 3. The van der Waals surface area contributed by atoms with Gasteiger partial charge in [0.2, 0.25) is 5.88 Å². The van der Waals surface area contributed by atoms with Gasteiger partial charge in [0, 0.05) is 6.54 Å². The van der Waals surface area contributed by atoms with Gasteiger partial charge in [0.15, 0.2) is 5.69 Å². The minimum atomic E-state index is -4.77. The van der Waals surface area contributed by atoms with E-state index >= 15 is 0 Å². The molecule has 6 nitrogen and oxygen atoms in total. The van der Waals surface area contributed by atoms with Crippen LogP contribution in [0.2, 0.25) is 0 Å². The Bertz CT molecular complexity index is 685. The van der Waals surface area contributed by atoms with Crippen LogP contribution < -0.4 is 15.6 Å². The van der Waals surface area contributed by atoms with Gasteiger partial charge in [-0.15, -0.1) is 13.2 Å². The summed E-state index contributed by atoms with van der Waals surface area (Å²) in [6.07, 6.45) is -3.74. The van der Waals surface area contributed by atoms with E-state index in [1.54, 1.807) is 0 Å². The van der Waals surface area contributed by atoms with Gasteiger partial charge in [0.05, 0.1) is 6.33 Å². The molecule has 0 bridgehead atoms. The average Bonchev–Trinajstić information content (AvgIpc) is 2.36. The smallest absolute Gasteiger partial charge is 0.492 e. The van der Waals surface area contributed by atoms with E-state index in [2.05, 4.69) is 20.0 Å². The summed E-state index contributed by atoms with van der Waals surface area (Å²) in [4.78, 5) is 17.2.